The van der Waals surface area contributed by atoms with Crippen molar-refractivity contribution >= 4 is 44.2 Å². The molecule has 16 heteroatoms. The Balaban J connectivity index is 0.841. The highest BCUT2D eigenvalue weighted by atomic mass is 32.2. The first kappa shape index (κ1) is 40.5. The Hall–Kier alpha value is -5.58. The van der Waals surface area contributed by atoms with E-state index in [1.807, 2.05) is 12.1 Å². The number of amides is 1. The van der Waals surface area contributed by atoms with Gasteiger partial charge in [0.15, 0.2) is 0 Å². The molecule has 3 aromatic heterocycles. The summed E-state index contributed by atoms with van der Waals surface area (Å²) < 4.78 is 41.1. The SMILES string of the molecule is O=C(NS(=O)(=O)c1cnc(NCC2CCOCC2)c([N+](=O)[O-])c1)c1ccc(N2CCC3(CC2)CC(N2CCC[C@@H]2c2ccccc2C2CC2)C3)cc1Oc1cnc2[nH]ccc2c1. The largest absolute Gasteiger partial charge is 0.455 e. The van der Waals surface area contributed by atoms with E-state index >= 15 is 0 Å². The van der Waals surface area contributed by atoms with Gasteiger partial charge >= 0.3 is 5.69 Å². The number of anilines is 2. The standard InChI is InChI=1S/C46H52N8O7S/c55-45(51-62(58,59)36-24-41(54(56)57)44(50-29-36)48-27-30-12-20-60-21-13-30)39-10-9-33(23-42(39)61-35-22-32-11-16-47-43(32)49-28-35)52-18-14-46(15-19-52)25-34(26-46)53-17-3-6-40(53)38-5-2-1-4-37(38)31-7-8-31/h1-2,4-5,9-11,16,22-24,28-31,34,40H,3,6-8,12-15,17-21,25-27H2,(H,47,49)(H,48,50)(H,51,55)/t40-/m1/s1. The van der Waals surface area contributed by atoms with Crippen molar-refractivity contribution in [2.24, 2.45) is 11.3 Å². The van der Waals surface area contributed by atoms with Crippen LogP contribution in [-0.2, 0) is 14.8 Å². The number of hydrogen-bond donors (Lipinski definition) is 3. The van der Waals surface area contributed by atoms with E-state index in [1.165, 1.54) is 45.1 Å². The van der Waals surface area contributed by atoms with Crippen molar-refractivity contribution in [3.05, 3.63) is 106 Å². The smallest absolute Gasteiger partial charge is 0.312 e. The maximum atomic E-state index is 13.9. The zero-order valence-corrected chi connectivity index (χ0v) is 35.4. The Morgan fingerprint density at radius 2 is 1.74 bits per heavy atom. The second-order valence-corrected chi connectivity index (χ2v) is 19.6. The fourth-order valence-electron chi connectivity index (χ4n) is 10.3. The van der Waals surface area contributed by atoms with Gasteiger partial charge in [-0.25, -0.2) is 23.1 Å². The Bertz CT molecular complexity index is 2590. The molecule has 5 aliphatic rings. The first-order valence-corrected chi connectivity index (χ1v) is 23.5. The number of nitrogens with one attached hydrogen (secondary N) is 3. The van der Waals surface area contributed by atoms with E-state index in [2.05, 4.69) is 59.1 Å². The van der Waals surface area contributed by atoms with E-state index in [9.17, 15) is 23.3 Å². The van der Waals surface area contributed by atoms with Crippen LogP contribution in [0.5, 0.6) is 11.5 Å². The van der Waals surface area contributed by atoms with Gasteiger partial charge in [0, 0.05) is 74.3 Å². The zero-order chi connectivity index (χ0) is 42.4. The number of rotatable bonds is 13. The van der Waals surface area contributed by atoms with E-state index in [4.69, 9.17) is 9.47 Å². The number of aromatic nitrogens is 3. The lowest BCUT2D eigenvalue weighted by molar-refractivity contribution is -0.384. The minimum absolute atomic E-state index is 0.0255. The molecule has 5 aromatic rings. The second-order valence-electron chi connectivity index (χ2n) is 17.9. The van der Waals surface area contributed by atoms with E-state index in [0.29, 0.717) is 48.7 Å². The summed E-state index contributed by atoms with van der Waals surface area (Å²) in [6.07, 6.45) is 15.6. The first-order chi connectivity index (χ1) is 30.1. The summed E-state index contributed by atoms with van der Waals surface area (Å²) in [7, 11) is -4.60. The molecule has 5 fully saturated rings. The number of nitrogens with zero attached hydrogens (tertiary/aromatic N) is 5. The minimum atomic E-state index is -4.60. The Kier molecular flexibility index (Phi) is 10.8. The zero-order valence-electron chi connectivity index (χ0n) is 34.6. The number of carbonyl (C=O) groups excluding carboxylic acids is 1. The number of benzene rings is 2. The highest BCUT2D eigenvalue weighted by molar-refractivity contribution is 7.90. The molecule has 0 unspecified atom stereocenters. The van der Waals surface area contributed by atoms with E-state index < -0.39 is 31.4 Å². The molecule has 0 radical (unpaired) electrons. The molecule has 1 spiro atoms. The average molecular weight is 861 g/mol. The molecule has 0 bridgehead atoms. The Labute approximate surface area is 360 Å². The van der Waals surface area contributed by atoms with Crippen LogP contribution in [0.2, 0.25) is 0 Å². The molecule has 2 aromatic carbocycles. The molecule has 3 saturated heterocycles. The van der Waals surface area contributed by atoms with Gasteiger partial charge in [-0.3, -0.25) is 19.8 Å². The quantitative estimate of drug-likeness (QED) is 0.0765. The molecule has 1 atom stereocenters. The fraction of sp³-hybridized carbons (Fsp3) is 0.457. The lowest BCUT2D eigenvalue weighted by Gasteiger charge is -2.56. The number of carbonyl (C=O) groups is 1. The van der Waals surface area contributed by atoms with Crippen molar-refractivity contribution in [3.63, 3.8) is 0 Å². The van der Waals surface area contributed by atoms with Gasteiger partial charge in [-0.2, -0.15) is 0 Å². The van der Waals surface area contributed by atoms with Crippen molar-refractivity contribution in [1.29, 1.82) is 0 Å². The summed E-state index contributed by atoms with van der Waals surface area (Å²) in [6, 6.07) is 20.0. The van der Waals surface area contributed by atoms with Gasteiger partial charge in [0.25, 0.3) is 15.9 Å². The number of fused-ring (bicyclic) bond motifs is 1. The van der Waals surface area contributed by atoms with Crippen molar-refractivity contribution < 1.29 is 27.6 Å². The Morgan fingerprint density at radius 1 is 0.952 bits per heavy atom. The lowest BCUT2D eigenvalue weighted by atomic mass is 9.59. The molecule has 2 saturated carbocycles. The third-order valence-electron chi connectivity index (χ3n) is 14.0. The van der Waals surface area contributed by atoms with Crippen LogP contribution in [0.1, 0.15) is 97.7 Å². The van der Waals surface area contributed by atoms with Crippen LogP contribution in [0.4, 0.5) is 17.2 Å². The van der Waals surface area contributed by atoms with Crippen LogP contribution in [0.3, 0.4) is 0 Å². The molecule has 3 aliphatic heterocycles. The van der Waals surface area contributed by atoms with Gasteiger partial charge in [0.05, 0.1) is 22.9 Å². The summed E-state index contributed by atoms with van der Waals surface area (Å²) >= 11 is 0. The molecule has 1 amide bonds. The molecular formula is C46H52N8O7S. The second kappa shape index (κ2) is 16.6. The van der Waals surface area contributed by atoms with Crippen molar-refractivity contribution in [1.82, 2.24) is 24.6 Å². The molecule has 10 rings (SSSR count). The molecular weight excluding hydrogens is 809 g/mol. The number of nitro groups is 1. The van der Waals surface area contributed by atoms with Crippen LogP contribution >= 0.6 is 0 Å². The summed E-state index contributed by atoms with van der Waals surface area (Å²) in [5.74, 6) is 0.510. The van der Waals surface area contributed by atoms with Gasteiger partial charge in [0.2, 0.25) is 5.82 Å². The number of H-pyrrole nitrogens is 1. The monoisotopic (exact) mass is 860 g/mol. The highest BCUT2D eigenvalue weighted by Gasteiger charge is 2.50. The summed E-state index contributed by atoms with van der Waals surface area (Å²) in [6.45, 7) is 4.53. The van der Waals surface area contributed by atoms with E-state index in [1.54, 1.807) is 41.7 Å². The van der Waals surface area contributed by atoms with Gasteiger partial charge in [-0.1, -0.05) is 24.3 Å². The van der Waals surface area contributed by atoms with Crippen molar-refractivity contribution in [3.8, 4) is 11.5 Å². The maximum Gasteiger partial charge on any atom is 0.312 e. The summed E-state index contributed by atoms with van der Waals surface area (Å²) in [5.41, 5.74) is 4.45. The Morgan fingerprint density at radius 3 is 2.52 bits per heavy atom. The molecule has 324 valence electrons. The van der Waals surface area contributed by atoms with Crippen LogP contribution in [-0.4, -0.2) is 84.5 Å². The molecule has 3 N–H and O–H groups in total. The molecule has 6 heterocycles. The molecule has 62 heavy (non-hydrogen) atoms. The van der Waals surface area contributed by atoms with Gasteiger partial charge < -0.3 is 24.7 Å². The average Bonchev–Trinajstić information content (AvgIpc) is 3.82. The number of pyridine rings is 2. The van der Waals surface area contributed by atoms with Crippen LogP contribution in [0.25, 0.3) is 11.0 Å². The number of likely N-dealkylation sites (tertiary alicyclic amines) is 1. The van der Waals surface area contributed by atoms with Gasteiger partial charge in [-0.05, 0) is 123 Å². The van der Waals surface area contributed by atoms with Crippen LogP contribution < -0.4 is 19.7 Å². The van der Waals surface area contributed by atoms with Crippen LogP contribution in [0, 0.1) is 21.4 Å². The topological polar surface area (TPSA) is 185 Å². The number of aromatic amines is 1. The first-order valence-electron chi connectivity index (χ1n) is 22.0. The normalized spacial score (nSPS) is 20.9. The number of piperidine rings is 1. The van der Waals surface area contributed by atoms with E-state index in [-0.39, 0.29) is 23.0 Å². The maximum absolute atomic E-state index is 13.9. The minimum Gasteiger partial charge on any atom is -0.455 e. The van der Waals surface area contributed by atoms with Gasteiger partial charge in [0.1, 0.15) is 22.0 Å². The van der Waals surface area contributed by atoms with Crippen molar-refractivity contribution in [2.45, 2.75) is 87.1 Å². The number of hydrogen-bond acceptors (Lipinski definition) is 12. The fourth-order valence-corrected chi connectivity index (χ4v) is 11.3. The molecule has 15 nitrogen and oxygen atoms in total. The number of ether oxygens (including phenoxy) is 2. The number of sulfonamides is 1. The third kappa shape index (κ3) is 8.22. The lowest BCUT2D eigenvalue weighted by Crippen LogP contribution is -2.54. The van der Waals surface area contributed by atoms with E-state index in [0.717, 1.165) is 68.0 Å². The molecule has 2 aliphatic carbocycles. The predicted molar refractivity (Wildman–Crippen MR) is 234 cm³/mol. The van der Waals surface area contributed by atoms with Crippen molar-refractivity contribution in [2.75, 3.05) is 49.6 Å². The summed E-state index contributed by atoms with van der Waals surface area (Å²) in [4.78, 5) is 41.5. The predicted octanol–water partition coefficient (Wildman–Crippen LogP) is 8.08. The van der Waals surface area contributed by atoms with Gasteiger partial charge in [-0.15, -0.1) is 0 Å². The summed E-state index contributed by atoms with van der Waals surface area (Å²) in [5, 5.41) is 15.9. The highest BCUT2D eigenvalue weighted by Crippen LogP contribution is 2.55. The van der Waals surface area contributed by atoms with Crippen LogP contribution in [0.15, 0.2) is 84.1 Å². The third-order valence-corrected chi connectivity index (χ3v) is 15.2.